The minimum atomic E-state index is 0.105. The molecule has 0 radical (unpaired) electrons. The number of rotatable bonds is 1. The van der Waals surface area contributed by atoms with E-state index >= 15 is 0 Å². The molecule has 1 aromatic rings. The Labute approximate surface area is 83.3 Å². The fourth-order valence-electron chi connectivity index (χ4n) is 1.53. The van der Waals surface area contributed by atoms with E-state index in [4.69, 9.17) is 4.74 Å². The lowest BCUT2D eigenvalue weighted by atomic mass is 9.86. The van der Waals surface area contributed by atoms with Crippen LogP contribution in [0.1, 0.15) is 10.4 Å². The van der Waals surface area contributed by atoms with E-state index < -0.39 is 0 Å². The number of nitrogens with zero attached hydrogens (tertiary/aromatic N) is 1. The predicted molar refractivity (Wildman–Crippen MR) is 53.2 cm³/mol. The summed E-state index contributed by atoms with van der Waals surface area (Å²) in [4.78, 5) is 13.7. The molecule has 0 aromatic heterocycles. The minimum absolute atomic E-state index is 0.105. The van der Waals surface area contributed by atoms with Gasteiger partial charge in [0.25, 0.3) is 5.91 Å². The van der Waals surface area contributed by atoms with Gasteiger partial charge in [-0.15, -0.1) is 0 Å². The van der Waals surface area contributed by atoms with E-state index in [9.17, 15) is 4.79 Å². The Balaban J connectivity index is 2.07. The molecule has 1 fully saturated rings. The van der Waals surface area contributed by atoms with Gasteiger partial charge in [0.05, 0.1) is 13.2 Å². The summed E-state index contributed by atoms with van der Waals surface area (Å²) in [7, 11) is 0. The van der Waals surface area contributed by atoms with Crippen molar-refractivity contribution in [2.75, 3.05) is 26.3 Å². The standard InChI is InChI=1S/C11H13NO2/c13-11(10-4-2-1-3-5-10)12-6-8-14-9-7-12/h1-5H,6-9H2/i11-1. The maximum Gasteiger partial charge on any atom is 0.254 e. The van der Waals surface area contributed by atoms with E-state index in [0.717, 1.165) is 5.56 Å². The molecule has 3 heteroatoms. The number of amides is 1. The fraction of sp³-hybridized carbons (Fsp3) is 0.364. The largest absolute Gasteiger partial charge is 0.378 e. The van der Waals surface area contributed by atoms with Crippen LogP contribution in [0.5, 0.6) is 0 Å². The molecule has 0 aliphatic carbocycles. The van der Waals surface area contributed by atoms with E-state index in [1.165, 1.54) is 0 Å². The van der Waals surface area contributed by atoms with Gasteiger partial charge < -0.3 is 9.64 Å². The Morgan fingerprint density at radius 2 is 1.79 bits per heavy atom. The summed E-state index contributed by atoms with van der Waals surface area (Å²) in [5, 5.41) is 0. The van der Waals surface area contributed by atoms with Crippen LogP contribution in [0.4, 0.5) is 0 Å². The third-order valence-corrected chi connectivity index (χ3v) is 2.32. The molecule has 1 saturated heterocycles. The molecule has 1 aliphatic heterocycles. The van der Waals surface area contributed by atoms with Crippen LogP contribution in [0.2, 0.25) is 0 Å². The van der Waals surface area contributed by atoms with E-state index in [1.807, 2.05) is 35.2 Å². The number of hydrogen-bond acceptors (Lipinski definition) is 2. The van der Waals surface area contributed by atoms with Gasteiger partial charge in [0.1, 0.15) is 0 Å². The third-order valence-electron chi connectivity index (χ3n) is 2.32. The monoisotopic (exact) mass is 190 g/mol. The highest BCUT2D eigenvalue weighted by Crippen LogP contribution is 2.06. The van der Waals surface area contributed by atoms with Gasteiger partial charge in [0, 0.05) is 18.7 Å². The van der Waals surface area contributed by atoms with Crippen molar-refractivity contribution in [1.82, 2.24) is 4.90 Å². The average Bonchev–Trinajstić information content (AvgIpc) is 2.30. The average molecular weight is 190 g/mol. The van der Waals surface area contributed by atoms with Gasteiger partial charge >= 0.3 is 0 Å². The molecule has 2 rings (SSSR count). The van der Waals surface area contributed by atoms with Gasteiger partial charge in [-0.2, -0.15) is 0 Å². The third kappa shape index (κ3) is 1.93. The number of ether oxygens (including phenoxy) is 1. The van der Waals surface area contributed by atoms with Gasteiger partial charge in [-0.25, -0.2) is 0 Å². The molecule has 1 heterocycles. The number of carbonyl (C=O) groups excluding carboxylic acids is 1. The van der Waals surface area contributed by atoms with E-state index in [-0.39, 0.29) is 5.91 Å². The maximum atomic E-state index is 11.9. The molecule has 0 unspecified atom stereocenters. The Hall–Kier alpha value is -1.35. The molecular weight excluding hydrogens is 177 g/mol. The normalized spacial score (nSPS) is 16.7. The second-order valence-electron chi connectivity index (χ2n) is 3.27. The van der Waals surface area contributed by atoms with Crippen molar-refractivity contribution in [3.8, 4) is 0 Å². The van der Waals surface area contributed by atoms with Gasteiger partial charge in [-0.3, -0.25) is 4.79 Å². The zero-order valence-electron chi connectivity index (χ0n) is 7.98. The first-order valence-electron chi connectivity index (χ1n) is 4.80. The molecule has 0 saturated carbocycles. The molecule has 14 heavy (non-hydrogen) atoms. The van der Waals surface area contributed by atoms with Gasteiger partial charge in [0.15, 0.2) is 0 Å². The molecule has 0 bridgehead atoms. The zero-order valence-corrected chi connectivity index (χ0v) is 7.98. The van der Waals surface area contributed by atoms with Crippen LogP contribution in [-0.2, 0) is 4.74 Å². The number of carbonyl (C=O) groups is 1. The summed E-state index contributed by atoms with van der Waals surface area (Å²) in [5.41, 5.74) is 0.759. The highest BCUT2D eigenvalue weighted by atomic mass is 16.5. The number of hydrogen-bond donors (Lipinski definition) is 0. The van der Waals surface area contributed by atoms with Crippen molar-refractivity contribution in [1.29, 1.82) is 0 Å². The van der Waals surface area contributed by atoms with Crippen LogP contribution in [0.3, 0.4) is 0 Å². The highest BCUT2D eigenvalue weighted by Gasteiger charge is 2.17. The Morgan fingerprint density at radius 1 is 1.14 bits per heavy atom. The molecule has 1 aliphatic rings. The molecule has 0 atom stereocenters. The Bertz CT molecular complexity index is 304. The summed E-state index contributed by atoms with van der Waals surface area (Å²) in [6.45, 7) is 2.71. The maximum absolute atomic E-state index is 11.9. The van der Waals surface area contributed by atoms with Crippen molar-refractivity contribution in [3.63, 3.8) is 0 Å². The molecule has 74 valence electrons. The number of morpholine rings is 1. The van der Waals surface area contributed by atoms with Crippen LogP contribution in [0.15, 0.2) is 30.3 Å². The summed E-state index contributed by atoms with van der Waals surface area (Å²) in [6, 6.07) is 9.37. The summed E-state index contributed by atoms with van der Waals surface area (Å²) >= 11 is 0. The Morgan fingerprint density at radius 3 is 2.43 bits per heavy atom. The van der Waals surface area contributed by atoms with Crippen LogP contribution in [0.25, 0.3) is 0 Å². The molecule has 3 nitrogen and oxygen atoms in total. The fourth-order valence-corrected chi connectivity index (χ4v) is 1.53. The zero-order chi connectivity index (χ0) is 9.80. The molecular formula is C11H13NO2. The van der Waals surface area contributed by atoms with Crippen molar-refractivity contribution in [3.05, 3.63) is 35.9 Å². The van der Waals surface area contributed by atoms with Crippen LogP contribution >= 0.6 is 0 Å². The lowest BCUT2D eigenvalue weighted by Crippen LogP contribution is -2.40. The molecule has 1 amide bonds. The first-order valence-corrected chi connectivity index (χ1v) is 4.80. The topological polar surface area (TPSA) is 29.5 Å². The lowest BCUT2D eigenvalue weighted by molar-refractivity contribution is 0.0303. The van der Waals surface area contributed by atoms with Crippen LogP contribution in [0, 0.1) is 0 Å². The van der Waals surface area contributed by atoms with Crippen LogP contribution < -0.4 is 0 Å². The quantitative estimate of drug-likeness (QED) is 0.665. The highest BCUT2D eigenvalue weighted by molar-refractivity contribution is 5.94. The second-order valence-corrected chi connectivity index (χ2v) is 3.27. The first kappa shape index (κ1) is 9.21. The molecule has 1 aromatic carbocycles. The first-order chi connectivity index (χ1) is 6.88. The smallest absolute Gasteiger partial charge is 0.254 e. The number of benzene rings is 1. The van der Waals surface area contributed by atoms with Gasteiger partial charge in [-0.1, -0.05) is 18.2 Å². The molecule has 0 spiro atoms. The Kier molecular flexibility index (Phi) is 2.79. The van der Waals surface area contributed by atoms with Crippen molar-refractivity contribution in [2.24, 2.45) is 0 Å². The van der Waals surface area contributed by atoms with Crippen molar-refractivity contribution >= 4 is 5.91 Å². The second kappa shape index (κ2) is 4.24. The lowest BCUT2D eigenvalue weighted by Gasteiger charge is -2.26. The van der Waals surface area contributed by atoms with Crippen LogP contribution in [-0.4, -0.2) is 37.1 Å². The summed E-state index contributed by atoms with van der Waals surface area (Å²) in [6.07, 6.45) is 0. The summed E-state index contributed by atoms with van der Waals surface area (Å²) < 4.78 is 5.19. The van der Waals surface area contributed by atoms with E-state index in [1.54, 1.807) is 0 Å². The van der Waals surface area contributed by atoms with E-state index in [2.05, 4.69) is 0 Å². The predicted octanol–water partition coefficient (Wildman–Crippen LogP) is 1.16. The van der Waals surface area contributed by atoms with Crippen molar-refractivity contribution in [2.45, 2.75) is 0 Å². The van der Waals surface area contributed by atoms with E-state index in [0.29, 0.717) is 26.3 Å². The SMILES string of the molecule is O=[11C](c1ccccc1)N1CCOCC1. The van der Waals surface area contributed by atoms with Gasteiger partial charge in [-0.05, 0) is 12.1 Å². The van der Waals surface area contributed by atoms with Crippen molar-refractivity contribution < 1.29 is 9.53 Å². The molecule has 0 N–H and O–H groups in total. The minimum Gasteiger partial charge on any atom is -0.378 e. The summed E-state index contributed by atoms with van der Waals surface area (Å²) in [5.74, 6) is 0.105. The van der Waals surface area contributed by atoms with Gasteiger partial charge in [0.2, 0.25) is 0 Å².